The van der Waals surface area contributed by atoms with Crippen LogP contribution in [0, 0.1) is 0 Å². The predicted octanol–water partition coefficient (Wildman–Crippen LogP) is 2.72. The van der Waals surface area contributed by atoms with Gasteiger partial charge in [0.1, 0.15) is 30.0 Å². The molecule has 2 rings (SSSR count). The number of halogens is 3. The molecule has 0 saturated carbocycles. The monoisotopic (exact) mass is 556 g/mol. The highest BCUT2D eigenvalue weighted by Crippen LogP contribution is 2.34. The minimum absolute atomic E-state index is 0.296. The summed E-state index contributed by atoms with van der Waals surface area (Å²) >= 11 is 0. The van der Waals surface area contributed by atoms with E-state index < -0.39 is 91.5 Å². The maximum Gasteiger partial charge on any atom is 0.411 e. The molecular weight excluding hydrogens is 517 g/mol. The fourth-order valence-electron chi connectivity index (χ4n) is 3.80. The standard InChI is InChI=1S/C12H19F2NO4.C12H20FNO5/c1-11(2,3)19-10(17)15-7-12(14,6-13)5-8(15)9(16)18-4;1-11(2,3)19-10(17)14-6-12(13,7-15)5-8(14)9(16)18-4/h8H,5-7H2,1-4H3;8,15H,5-7H2,1-4H3/t2*8-,12?/m00/s1. The number of carbonyl (C=O) groups excluding carboxylic acids is 4. The third-order valence-corrected chi connectivity index (χ3v) is 5.50. The number of carbonyl (C=O) groups is 4. The van der Waals surface area contributed by atoms with Crippen molar-refractivity contribution in [3.8, 4) is 0 Å². The molecular formula is C24H39F3N2O9. The maximum atomic E-state index is 14.1. The minimum atomic E-state index is -2.23. The number of aliphatic hydroxyl groups is 1. The third kappa shape index (κ3) is 9.21. The van der Waals surface area contributed by atoms with Gasteiger partial charge in [-0.1, -0.05) is 0 Å². The van der Waals surface area contributed by atoms with E-state index in [1.165, 1.54) is 0 Å². The van der Waals surface area contributed by atoms with Crippen molar-refractivity contribution < 1.29 is 56.4 Å². The number of alkyl halides is 3. The first-order chi connectivity index (χ1) is 17.2. The average Bonchev–Trinajstić information content (AvgIpc) is 3.35. The van der Waals surface area contributed by atoms with Crippen LogP contribution in [0.5, 0.6) is 0 Å². The van der Waals surface area contributed by atoms with E-state index in [9.17, 15) is 32.3 Å². The molecule has 0 bridgehead atoms. The molecule has 2 aliphatic rings. The molecule has 4 atom stereocenters. The topological polar surface area (TPSA) is 132 Å². The lowest BCUT2D eigenvalue weighted by Crippen LogP contribution is -2.44. The van der Waals surface area contributed by atoms with Crippen LogP contribution in [-0.2, 0) is 28.5 Å². The second kappa shape index (κ2) is 12.4. The lowest BCUT2D eigenvalue weighted by atomic mass is 10.0. The van der Waals surface area contributed by atoms with E-state index in [2.05, 4.69) is 9.47 Å². The van der Waals surface area contributed by atoms with Crippen molar-refractivity contribution in [2.45, 2.75) is 89.0 Å². The van der Waals surface area contributed by atoms with E-state index in [1.807, 2.05) is 0 Å². The summed E-state index contributed by atoms with van der Waals surface area (Å²) in [6.07, 6.45) is -2.36. The molecule has 0 aromatic heterocycles. The van der Waals surface area contributed by atoms with Gasteiger partial charge in [0.05, 0.1) is 33.9 Å². The van der Waals surface area contributed by atoms with Gasteiger partial charge in [-0.25, -0.2) is 32.3 Å². The van der Waals surface area contributed by atoms with Crippen LogP contribution in [0.2, 0.25) is 0 Å². The Morgan fingerprint density at radius 2 is 1.13 bits per heavy atom. The number of hydrogen-bond donors (Lipinski definition) is 1. The molecule has 2 fully saturated rings. The van der Waals surface area contributed by atoms with Crippen molar-refractivity contribution in [2.24, 2.45) is 0 Å². The van der Waals surface area contributed by atoms with Gasteiger partial charge in [0.25, 0.3) is 0 Å². The Morgan fingerprint density at radius 3 is 1.42 bits per heavy atom. The van der Waals surface area contributed by atoms with Crippen LogP contribution in [0.1, 0.15) is 54.4 Å². The molecule has 11 nitrogen and oxygen atoms in total. The second-order valence-corrected chi connectivity index (χ2v) is 11.3. The zero-order valence-corrected chi connectivity index (χ0v) is 23.1. The number of esters is 2. The molecule has 1 N–H and O–H groups in total. The largest absolute Gasteiger partial charge is 0.467 e. The van der Waals surface area contributed by atoms with Gasteiger partial charge in [-0.15, -0.1) is 0 Å². The van der Waals surface area contributed by atoms with Crippen molar-refractivity contribution >= 4 is 24.1 Å². The SMILES string of the molecule is COC(=O)[C@@H]1CC(F)(CF)CN1C(=O)OC(C)(C)C.COC(=O)[C@@H]1CC(F)(CO)CN1C(=O)OC(C)(C)C. The molecule has 220 valence electrons. The van der Waals surface area contributed by atoms with Crippen LogP contribution in [0.3, 0.4) is 0 Å². The van der Waals surface area contributed by atoms with Crippen LogP contribution in [0.25, 0.3) is 0 Å². The molecule has 14 heteroatoms. The molecule has 0 spiro atoms. The number of aliphatic hydroxyl groups excluding tert-OH is 1. The summed E-state index contributed by atoms with van der Waals surface area (Å²) in [4.78, 5) is 48.8. The molecule has 2 aliphatic heterocycles. The van der Waals surface area contributed by atoms with Gasteiger partial charge >= 0.3 is 24.1 Å². The zero-order chi connectivity index (χ0) is 29.7. The summed E-state index contributed by atoms with van der Waals surface area (Å²) in [6, 6.07) is -2.22. The second-order valence-electron chi connectivity index (χ2n) is 11.3. The van der Waals surface area contributed by atoms with Gasteiger partial charge in [0.2, 0.25) is 0 Å². The Balaban J connectivity index is 0.000000380. The molecule has 2 heterocycles. The van der Waals surface area contributed by atoms with Crippen molar-refractivity contribution in [1.82, 2.24) is 9.80 Å². The first-order valence-corrected chi connectivity index (χ1v) is 11.9. The number of methoxy groups -OCH3 is 2. The average molecular weight is 557 g/mol. The number of likely N-dealkylation sites (tertiary alicyclic amines) is 2. The van der Waals surface area contributed by atoms with Crippen LogP contribution < -0.4 is 0 Å². The van der Waals surface area contributed by atoms with Crippen LogP contribution >= 0.6 is 0 Å². The quantitative estimate of drug-likeness (QED) is 0.410. The normalized spacial score (nSPS) is 27.3. The fourth-order valence-corrected chi connectivity index (χ4v) is 3.80. The highest BCUT2D eigenvalue weighted by molar-refractivity contribution is 5.83. The van der Waals surface area contributed by atoms with Gasteiger partial charge < -0.3 is 24.1 Å². The minimum Gasteiger partial charge on any atom is -0.467 e. The lowest BCUT2D eigenvalue weighted by Gasteiger charge is -2.27. The van der Waals surface area contributed by atoms with Crippen molar-refractivity contribution in [3.05, 3.63) is 0 Å². The number of rotatable bonds is 4. The number of ether oxygens (including phenoxy) is 4. The Morgan fingerprint density at radius 1 is 0.789 bits per heavy atom. The van der Waals surface area contributed by atoms with Gasteiger partial charge in [0, 0.05) is 12.8 Å². The van der Waals surface area contributed by atoms with Crippen LogP contribution in [0.15, 0.2) is 0 Å². The summed E-state index contributed by atoms with van der Waals surface area (Å²) in [6.45, 7) is 7.01. The molecule has 2 amide bonds. The predicted molar refractivity (Wildman–Crippen MR) is 127 cm³/mol. The summed E-state index contributed by atoms with van der Waals surface area (Å²) in [5, 5.41) is 9.02. The molecule has 2 saturated heterocycles. The van der Waals surface area contributed by atoms with E-state index in [0.29, 0.717) is 0 Å². The Labute approximate surface area is 220 Å². The lowest BCUT2D eigenvalue weighted by molar-refractivity contribution is -0.146. The summed E-state index contributed by atoms with van der Waals surface area (Å²) < 4.78 is 60.1. The summed E-state index contributed by atoms with van der Waals surface area (Å²) in [5.74, 6) is -1.50. The number of amides is 2. The smallest absolute Gasteiger partial charge is 0.411 e. The van der Waals surface area contributed by atoms with Gasteiger partial charge in [-0.3, -0.25) is 9.80 Å². The first-order valence-electron chi connectivity index (χ1n) is 11.9. The van der Waals surface area contributed by atoms with E-state index in [0.717, 1.165) is 24.0 Å². The van der Waals surface area contributed by atoms with Crippen LogP contribution in [-0.4, -0.2) is 114 Å². The Hall–Kier alpha value is -2.77. The van der Waals surface area contributed by atoms with Gasteiger partial charge in [-0.2, -0.15) is 0 Å². The molecule has 2 unspecified atom stereocenters. The summed E-state index contributed by atoms with van der Waals surface area (Å²) in [7, 11) is 2.29. The molecule has 0 radical (unpaired) electrons. The highest BCUT2D eigenvalue weighted by Gasteiger charge is 2.52. The Bertz CT molecular complexity index is 807. The van der Waals surface area contributed by atoms with E-state index in [4.69, 9.17) is 14.6 Å². The zero-order valence-electron chi connectivity index (χ0n) is 23.1. The van der Waals surface area contributed by atoms with E-state index in [1.54, 1.807) is 41.5 Å². The van der Waals surface area contributed by atoms with Crippen LogP contribution in [0.4, 0.5) is 22.8 Å². The fraction of sp³-hybridized carbons (Fsp3) is 0.833. The van der Waals surface area contributed by atoms with Crippen molar-refractivity contribution in [3.63, 3.8) is 0 Å². The Kier molecular flexibility index (Phi) is 10.8. The molecule has 0 aromatic rings. The van der Waals surface area contributed by atoms with Gasteiger partial charge in [0.15, 0.2) is 11.3 Å². The van der Waals surface area contributed by atoms with E-state index in [-0.39, 0.29) is 6.42 Å². The summed E-state index contributed by atoms with van der Waals surface area (Å²) in [5.41, 5.74) is -5.76. The first kappa shape index (κ1) is 33.3. The molecule has 0 aliphatic carbocycles. The number of nitrogens with zero attached hydrogens (tertiary/aromatic N) is 2. The van der Waals surface area contributed by atoms with Crippen molar-refractivity contribution in [2.75, 3.05) is 40.6 Å². The maximum absolute atomic E-state index is 14.1. The van der Waals surface area contributed by atoms with Gasteiger partial charge in [-0.05, 0) is 41.5 Å². The van der Waals surface area contributed by atoms with Crippen molar-refractivity contribution in [1.29, 1.82) is 0 Å². The van der Waals surface area contributed by atoms with E-state index >= 15 is 0 Å². The molecule has 38 heavy (non-hydrogen) atoms. The number of hydrogen-bond acceptors (Lipinski definition) is 9. The third-order valence-electron chi connectivity index (χ3n) is 5.50. The highest BCUT2D eigenvalue weighted by atomic mass is 19.2. The molecule has 0 aromatic carbocycles.